The molecule has 2 aromatic rings. The number of hydrogen-bond donors (Lipinski definition) is 1. The fourth-order valence-electron chi connectivity index (χ4n) is 4.58. The number of nitrogens with two attached hydrogens (primary N) is 1. The van der Waals surface area contributed by atoms with Gasteiger partial charge in [0.05, 0.1) is 10.5 Å². The number of unbranched alkanes of at least 4 members (excludes halogenated alkanes) is 1. The van der Waals surface area contributed by atoms with Crippen LogP contribution in [0.5, 0.6) is 0 Å². The Bertz CT molecular complexity index is 1170. The maximum Gasteiger partial charge on any atom is 0.339 e. The summed E-state index contributed by atoms with van der Waals surface area (Å²) in [6.07, 6.45) is 1.35. The summed E-state index contributed by atoms with van der Waals surface area (Å²) in [7, 11) is -4.18. The molecule has 2 rings (SSSR count). The molecule has 7 heteroatoms. The summed E-state index contributed by atoms with van der Waals surface area (Å²) in [5.41, 5.74) is 6.44. The molecular formula is C30H43NO5S. The number of amides is 1. The predicted molar refractivity (Wildman–Crippen MR) is 149 cm³/mol. The molecule has 6 nitrogen and oxygen atoms in total. The Kier molecular flexibility index (Phi) is 10.1. The molecule has 0 aliphatic heterocycles. The Morgan fingerprint density at radius 1 is 0.919 bits per heavy atom. The number of benzene rings is 2. The van der Waals surface area contributed by atoms with Gasteiger partial charge < -0.3 is 10.5 Å². The molecule has 37 heavy (non-hydrogen) atoms. The molecular weight excluding hydrogens is 486 g/mol. The molecule has 2 atom stereocenters. The van der Waals surface area contributed by atoms with E-state index in [-0.39, 0.29) is 34.6 Å². The van der Waals surface area contributed by atoms with E-state index in [1.165, 1.54) is 6.92 Å². The van der Waals surface area contributed by atoms with E-state index in [4.69, 9.17) is 10.5 Å². The Labute approximate surface area is 222 Å². The van der Waals surface area contributed by atoms with Crippen molar-refractivity contribution in [1.29, 1.82) is 0 Å². The van der Waals surface area contributed by atoms with Crippen molar-refractivity contribution in [3.8, 4) is 0 Å². The fourth-order valence-corrected chi connectivity index (χ4v) is 7.34. The van der Waals surface area contributed by atoms with Gasteiger partial charge >= 0.3 is 5.97 Å². The minimum Gasteiger partial charge on any atom is -0.444 e. The number of carbonyl (C=O) groups excluding carboxylic acids is 2. The second kappa shape index (κ2) is 12.2. The van der Waals surface area contributed by atoms with E-state index in [0.29, 0.717) is 24.0 Å². The van der Waals surface area contributed by atoms with Crippen LogP contribution in [-0.2, 0) is 19.4 Å². The summed E-state index contributed by atoms with van der Waals surface area (Å²) in [6, 6.07) is 12.1. The minimum atomic E-state index is -4.18. The number of primary amides is 1. The Morgan fingerprint density at radius 2 is 1.43 bits per heavy atom. The van der Waals surface area contributed by atoms with Crippen LogP contribution in [0.3, 0.4) is 0 Å². The number of ether oxygens (including phenoxy) is 1. The second-order valence-electron chi connectivity index (χ2n) is 10.9. The zero-order chi connectivity index (χ0) is 28.1. The molecule has 0 fully saturated rings. The van der Waals surface area contributed by atoms with Gasteiger partial charge in [-0.05, 0) is 59.9 Å². The molecule has 204 valence electrons. The van der Waals surface area contributed by atoms with E-state index in [9.17, 15) is 18.0 Å². The van der Waals surface area contributed by atoms with E-state index >= 15 is 0 Å². The molecule has 2 aromatic carbocycles. The summed E-state index contributed by atoms with van der Waals surface area (Å²) in [4.78, 5) is 26.2. The first-order valence-electron chi connectivity index (χ1n) is 13.2. The lowest BCUT2D eigenvalue weighted by atomic mass is 9.89. The largest absolute Gasteiger partial charge is 0.444 e. The molecule has 0 saturated heterocycles. The highest BCUT2D eigenvalue weighted by molar-refractivity contribution is 7.92. The van der Waals surface area contributed by atoms with Crippen LogP contribution in [0.25, 0.3) is 0 Å². The molecule has 0 unspecified atom stereocenters. The zero-order valence-electron chi connectivity index (χ0n) is 23.5. The number of carbonyl (C=O) groups is 2. The van der Waals surface area contributed by atoms with Gasteiger partial charge in [-0.2, -0.15) is 0 Å². The average molecular weight is 530 g/mol. The van der Waals surface area contributed by atoms with Crippen molar-refractivity contribution < 1.29 is 22.7 Å². The van der Waals surface area contributed by atoms with Crippen LogP contribution in [-0.4, -0.2) is 31.1 Å². The van der Waals surface area contributed by atoms with Gasteiger partial charge in [0, 0.05) is 0 Å². The van der Waals surface area contributed by atoms with Crippen molar-refractivity contribution in [2.75, 3.05) is 0 Å². The minimum absolute atomic E-state index is 0.0838. The lowest BCUT2D eigenvalue weighted by molar-refractivity contribution is -0.136. The van der Waals surface area contributed by atoms with E-state index in [1.54, 1.807) is 30.3 Å². The molecule has 0 aliphatic carbocycles. The number of esters is 1. The third-order valence-electron chi connectivity index (χ3n) is 6.98. The van der Waals surface area contributed by atoms with Gasteiger partial charge in [-0.1, -0.05) is 91.6 Å². The van der Waals surface area contributed by atoms with Gasteiger partial charge in [0.25, 0.3) is 5.91 Å². The lowest BCUT2D eigenvalue weighted by Crippen LogP contribution is -2.56. The second-order valence-corrected chi connectivity index (χ2v) is 13.0. The smallest absolute Gasteiger partial charge is 0.339 e. The average Bonchev–Trinajstić information content (AvgIpc) is 2.83. The highest BCUT2D eigenvalue weighted by Crippen LogP contribution is 2.40. The standard InChI is InChI=1S/C30H43NO5S/c1-9-10-16-26(30(8,29(31)33)36-28(32)22-14-12-11-13-15-22)37(34,35)27-24(20(4)5)17-23(19(2)3)18-25(27)21(6)7/h11-15,17-21,26H,9-10,16H2,1-8H3,(H2,31,33)/t26-,30-/m0/s1. The van der Waals surface area contributed by atoms with Crippen molar-refractivity contribution in [1.82, 2.24) is 0 Å². The third-order valence-corrected chi connectivity index (χ3v) is 9.45. The predicted octanol–water partition coefficient (Wildman–Crippen LogP) is 6.49. The summed E-state index contributed by atoms with van der Waals surface area (Å²) in [5.74, 6) is -1.73. The molecule has 0 aromatic heterocycles. The SMILES string of the molecule is CCCC[C@@H]([C@](C)(OC(=O)c1ccccc1)C(N)=O)S(=O)(=O)c1c(C(C)C)cc(C(C)C)cc1C(C)C. The van der Waals surface area contributed by atoms with E-state index in [1.807, 2.05) is 46.8 Å². The summed E-state index contributed by atoms with van der Waals surface area (Å²) in [5, 5.41) is -1.34. The van der Waals surface area contributed by atoms with E-state index in [0.717, 1.165) is 5.56 Å². The fraction of sp³-hybridized carbons (Fsp3) is 0.533. The number of hydrogen-bond acceptors (Lipinski definition) is 5. The Morgan fingerprint density at radius 3 is 1.84 bits per heavy atom. The summed E-state index contributed by atoms with van der Waals surface area (Å²) < 4.78 is 35.0. The monoisotopic (exact) mass is 529 g/mol. The van der Waals surface area contributed by atoms with E-state index < -0.39 is 32.6 Å². The maximum absolute atomic E-state index is 14.6. The first-order valence-corrected chi connectivity index (χ1v) is 14.7. The molecule has 2 N–H and O–H groups in total. The van der Waals surface area contributed by atoms with Gasteiger partial charge in [-0.25, -0.2) is 13.2 Å². The molecule has 0 aliphatic rings. The molecule has 0 heterocycles. The first-order chi connectivity index (χ1) is 17.2. The third kappa shape index (κ3) is 6.61. The molecule has 1 amide bonds. The highest BCUT2D eigenvalue weighted by atomic mass is 32.2. The molecule has 0 spiro atoms. The van der Waals surface area contributed by atoms with Crippen LogP contribution in [0.2, 0.25) is 0 Å². The number of sulfone groups is 1. The Balaban J connectivity index is 2.83. The van der Waals surface area contributed by atoms with Gasteiger partial charge in [-0.15, -0.1) is 0 Å². The van der Waals surface area contributed by atoms with Gasteiger partial charge in [0.1, 0.15) is 5.25 Å². The van der Waals surface area contributed by atoms with Crippen molar-refractivity contribution in [2.24, 2.45) is 5.73 Å². The summed E-state index contributed by atoms with van der Waals surface area (Å²) >= 11 is 0. The van der Waals surface area contributed by atoms with Crippen molar-refractivity contribution in [3.63, 3.8) is 0 Å². The van der Waals surface area contributed by atoms with Crippen molar-refractivity contribution in [2.45, 2.75) is 108 Å². The van der Waals surface area contributed by atoms with Gasteiger partial charge in [-0.3, -0.25) is 4.79 Å². The van der Waals surface area contributed by atoms with Crippen LogP contribution in [0.1, 0.15) is 119 Å². The van der Waals surface area contributed by atoms with Crippen LogP contribution in [0, 0.1) is 0 Å². The van der Waals surface area contributed by atoms with Crippen molar-refractivity contribution >= 4 is 21.7 Å². The normalized spacial score (nSPS) is 14.6. The van der Waals surface area contributed by atoms with Crippen LogP contribution in [0.4, 0.5) is 0 Å². The topological polar surface area (TPSA) is 104 Å². The molecule has 0 bridgehead atoms. The zero-order valence-corrected chi connectivity index (χ0v) is 24.3. The lowest BCUT2D eigenvalue weighted by Gasteiger charge is -2.35. The first kappa shape index (κ1) is 30.6. The highest BCUT2D eigenvalue weighted by Gasteiger charge is 2.52. The summed E-state index contributed by atoms with van der Waals surface area (Å²) in [6.45, 7) is 15.3. The van der Waals surface area contributed by atoms with Crippen LogP contribution in [0.15, 0.2) is 47.4 Å². The molecule has 0 radical (unpaired) electrons. The van der Waals surface area contributed by atoms with Gasteiger partial charge in [0.2, 0.25) is 5.60 Å². The quantitative estimate of drug-likeness (QED) is 0.317. The van der Waals surface area contributed by atoms with Crippen LogP contribution < -0.4 is 5.73 Å². The van der Waals surface area contributed by atoms with Gasteiger partial charge in [0.15, 0.2) is 9.84 Å². The number of rotatable bonds is 12. The van der Waals surface area contributed by atoms with E-state index in [2.05, 4.69) is 13.8 Å². The maximum atomic E-state index is 14.6. The van der Waals surface area contributed by atoms with Crippen LogP contribution >= 0.6 is 0 Å². The molecule has 0 saturated carbocycles. The Hall–Kier alpha value is -2.67. The van der Waals surface area contributed by atoms with Crippen molar-refractivity contribution in [3.05, 3.63) is 64.7 Å².